The number of aromatic nitrogens is 1. The number of urea groups is 1. The van der Waals surface area contributed by atoms with Gasteiger partial charge in [0.25, 0.3) is 0 Å². The van der Waals surface area contributed by atoms with Crippen LogP contribution in [0.5, 0.6) is 5.75 Å². The fourth-order valence-corrected chi connectivity index (χ4v) is 1.92. The summed E-state index contributed by atoms with van der Waals surface area (Å²) in [6.45, 7) is 0. The number of nitrogens with two attached hydrogens (primary N) is 1. The SMILES string of the molecule is NC(=O)Nc1nc2cc(O)ccc2s1. The average Bonchev–Trinajstić information content (AvgIpc) is 2.44. The molecule has 1 heterocycles. The van der Waals surface area contributed by atoms with Crippen molar-refractivity contribution in [2.24, 2.45) is 5.73 Å². The number of nitrogens with one attached hydrogen (secondary N) is 1. The van der Waals surface area contributed by atoms with Gasteiger partial charge in [-0.25, -0.2) is 9.78 Å². The highest BCUT2D eigenvalue weighted by Gasteiger charge is 2.05. The largest absolute Gasteiger partial charge is 0.508 e. The summed E-state index contributed by atoms with van der Waals surface area (Å²) >= 11 is 1.30. The van der Waals surface area contributed by atoms with Crippen molar-refractivity contribution in [3.63, 3.8) is 0 Å². The lowest BCUT2D eigenvalue weighted by molar-refractivity contribution is 0.259. The van der Waals surface area contributed by atoms with E-state index in [2.05, 4.69) is 10.3 Å². The molecule has 0 radical (unpaired) electrons. The van der Waals surface area contributed by atoms with E-state index >= 15 is 0 Å². The molecule has 2 aromatic rings. The number of nitrogens with zero attached hydrogens (tertiary/aromatic N) is 1. The van der Waals surface area contributed by atoms with E-state index in [9.17, 15) is 9.90 Å². The minimum absolute atomic E-state index is 0.147. The molecule has 1 aromatic heterocycles. The van der Waals surface area contributed by atoms with Crippen molar-refractivity contribution in [2.75, 3.05) is 5.32 Å². The Morgan fingerprint density at radius 1 is 1.57 bits per heavy atom. The van der Waals surface area contributed by atoms with E-state index in [1.54, 1.807) is 12.1 Å². The fraction of sp³-hybridized carbons (Fsp3) is 0. The van der Waals surface area contributed by atoms with Crippen molar-refractivity contribution in [3.8, 4) is 5.75 Å². The number of anilines is 1. The highest BCUT2D eigenvalue weighted by atomic mass is 32.1. The molecule has 0 bridgehead atoms. The Bertz CT molecular complexity index is 494. The Hall–Kier alpha value is -1.82. The number of carbonyl (C=O) groups excluding carboxylic acids is 1. The molecule has 2 amide bonds. The third-order valence-corrected chi connectivity index (χ3v) is 2.55. The molecule has 6 heteroatoms. The summed E-state index contributed by atoms with van der Waals surface area (Å²) in [7, 11) is 0. The molecule has 5 nitrogen and oxygen atoms in total. The van der Waals surface area contributed by atoms with Crippen LogP contribution in [0.15, 0.2) is 18.2 Å². The number of phenolic OH excluding ortho intramolecular Hbond substituents is 1. The molecule has 0 aliphatic rings. The second-order valence-corrected chi connectivity index (χ2v) is 3.69. The molecular formula is C8H7N3O2S. The van der Waals surface area contributed by atoms with E-state index in [0.717, 1.165) is 4.70 Å². The van der Waals surface area contributed by atoms with E-state index in [1.807, 2.05) is 0 Å². The zero-order valence-electron chi connectivity index (χ0n) is 7.02. The maximum absolute atomic E-state index is 10.5. The van der Waals surface area contributed by atoms with E-state index in [-0.39, 0.29) is 5.75 Å². The normalized spacial score (nSPS) is 10.3. The van der Waals surface area contributed by atoms with E-state index in [4.69, 9.17) is 5.73 Å². The van der Waals surface area contributed by atoms with Gasteiger partial charge in [0.05, 0.1) is 10.2 Å². The molecule has 0 spiro atoms. The molecule has 72 valence electrons. The van der Waals surface area contributed by atoms with Crippen LogP contribution in [0, 0.1) is 0 Å². The fourth-order valence-electron chi connectivity index (χ4n) is 1.07. The van der Waals surface area contributed by atoms with Crippen molar-refractivity contribution in [2.45, 2.75) is 0 Å². The van der Waals surface area contributed by atoms with Crippen molar-refractivity contribution < 1.29 is 9.90 Å². The van der Waals surface area contributed by atoms with Crippen LogP contribution in [0.2, 0.25) is 0 Å². The third kappa shape index (κ3) is 1.60. The summed E-state index contributed by atoms with van der Waals surface area (Å²) in [5.41, 5.74) is 5.58. The van der Waals surface area contributed by atoms with Gasteiger partial charge < -0.3 is 10.8 Å². The zero-order chi connectivity index (χ0) is 10.1. The molecule has 0 aliphatic heterocycles. The highest BCUT2D eigenvalue weighted by Crippen LogP contribution is 2.28. The van der Waals surface area contributed by atoms with Gasteiger partial charge in [0.2, 0.25) is 0 Å². The first-order valence-corrected chi connectivity index (χ1v) is 4.63. The summed E-state index contributed by atoms with van der Waals surface area (Å²) in [6.07, 6.45) is 0. The number of amides is 2. The molecule has 0 unspecified atom stereocenters. The molecule has 4 N–H and O–H groups in total. The summed E-state index contributed by atoms with van der Waals surface area (Å²) in [5.74, 6) is 0.147. The summed E-state index contributed by atoms with van der Waals surface area (Å²) in [6, 6.07) is 4.18. The lowest BCUT2D eigenvalue weighted by Crippen LogP contribution is -2.18. The first-order valence-electron chi connectivity index (χ1n) is 3.81. The van der Waals surface area contributed by atoms with E-state index < -0.39 is 6.03 Å². The maximum Gasteiger partial charge on any atom is 0.318 e. The number of fused-ring (bicyclic) bond motifs is 1. The summed E-state index contributed by atoms with van der Waals surface area (Å²) in [4.78, 5) is 14.6. The number of hydrogen-bond donors (Lipinski definition) is 3. The van der Waals surface area contributed by atoms with Crippen LogP contribution in [-0.4, -0.2) is 16.1 Å². The average molecular weight is 209 g/mol. The van der Waals surface area contributed by atoms with Gasteiger partial charge in [-0.3, -0.25) is 5.32 Å². The van der Waals surface area contributed by atoms with Crippen molar-refractivity contribution in [1.82, 2.24) is 4.98 Å². The number of primary amides is 1. The van der Waals surface area contributed by atoms with Gasteiger partial charge in [0, 0.05) is 6.07 Å². The quantitative estimate of drug-likeness (QED) is 0.664. The molecule has 0 fully saturated rings. The number of aromatic hydroxyl groups is 1. The number of thiazole rings is 1. The number of phenols is 1. The first kappa shape index (κ1) is 8.76. The molecule has 2 rings (SSSR count). The van der Waals surface area contributed by atoms with Crippen molar-refractivity contribution in [1.29, 1.82) is 0 Å². The predicted molar refractivity (Wildman–Crippen MR) is 54.5 cm³/mol. The molecule has 0 atom stereocenters. The summed E-state index contributed by atoms with van der Waals surface area (Å²) in [5, 5.41) is 12.0. The number of benzene rings is 1. The lowest BCUT2D eigenvalue weighted by atomic mass is 10.3. The number of carbonyl (C=O) groups is 1. The maximum atomic E-state index is 10.5. The molecule has 0 aliphatic carbocycles. The molecule has 0 saturated carbocycles. The first-order chi connectivity index (χ1) is 6.65. The lowest BCUT2D eigenvalue weighted by Gasteiger charge is -1.91. The van der Waals surface area contributed by atoms with Gasteiger partial charge >= 0.3 is 6.03 Å². The molecule has 0 saturated heterocycles. The van der Waals surface area contributed by atoms with Gasteiger partial charge in [-0.1, -0.05) is 11.3 Å². The smallest absolute Gasteiger partial charge is 0.318 e. The Kier molecular flexibility index (Phi) is 1.97. The Balaban J connectivity index is 2.46. The topological polar surface area (TPSA) is 88.2 Å². The number of hydrogen-bond acceptors (Lipinski definition) is 4. The van der Waals surface area contributed by atoms with Crippen LogP contribution in [0.25, 0.3) is 10.2 Å². The highest BCUT2D eigenvalue weighted by molar-refractivity contribution is 7.22. The van der Waals surface area contributed by atoms with Crippen molar-refractivity contribution in [3.05, 3.63) is 18.2 Å². The molecule has 1 aromatic carbocycles. The van der Waals surface area contributed by atoms with Crippen LogP contribution in [0.1, 0.15) is 0 Å². The Morgan fingerprint density at radius 3 is 3.07 bits per heavy atom. The van der Waals surface area contributed by atoms with Crippen LogP contribution >= 0.6 is 11.3 Å². The second-order valence-electron chi connectivity index (χ2n) is 2.66. The number of rotatable bonds is 1. The van der Waals surface area contributed by atoms with Gasteiger partial charge in [0.15, 0.2) is 5.13 Å². The predicted octanol–water partition coefficient (Wildman–Crippen LogP) is 1.49. The molecular weight excluding hydrogens is 202 g/mol. The van der Waals surface area contributed by atoms with Crippen LogP contribution in [0.4, 0.5) is 9.93 Å². The monoisotopic (exact) mass is 209 g/mol. The minimum atomic E-state index is -0.645. The zero-order valence-corrected chi connectivity index (χ0v) is 7.84. The van der Waals surface area contributed by atoms with Gasteiger partial charge in [-0.15, -0.1) is 0 Å². The van der Waals surface area contributed by atoms with Crippen LogP contribution < -0.4 is 11.1 Å². The summed E-state index contributed by atoms with van der Waals surface area (Å²) < 4.78 is 0.881. The van der Waals surface area contributed by atoms with Crippen molar-refractivity contribution >= 4 is 32.7 Å². The minimum Gasteiger partial charge on any atom is -0.508 e. The van der Waals surface area contributed by atoms with Crippen LogP contribution in [-0.2, 0) is 0 Å². The van der Waals surface area contributed by atoms with Gasteiger partial charge in [0.1, 0.15) is 5.75 Å². The van der Waals surface area contributed by atoms with E-state index in [1.165, 1.54) is 17.4 Å². The molecule has 14 heavy (non-hydrogen) atoms. The second kappa shape index (κ2) is 3.15. The Morgan fingerprint density at radius 2 is 2.36 bits per heavy atom. The third-order valence-electron chi connectivity index (χ3n) is 1.60. The van der Waals surface area contributed by atoms with E-state index in [0.29, 0.717) is 10.6 Å². The van der Waals surface area contributed by atoms with Crippen LogP contribution in [0.3, 0.4) is 0 Å². The van der Waals surface area contributed by atoms with Gasteiger partial charge in [-0.2, -0.15) is 0 Å². The van der Waals surface area contributed by atoms with Gasteiger partial charge in [-0.05, 0) is 12.1 Å². The standard InChI is InChI=1S/C8H7N3O2S/c9-7(13)11-8-10-5-3-4(12)1-2-6(5)14-8/h1-3,12H,(H3,9,10,11,13). The Labute approximate surface area is 83.2 Å².